The van der Waals surface area contributed by atoms with Crippen LogP contribution in [0.2, 0.25) is 0 Å². The van der Waals surface area contributed by atoms with Crippen LogP contribution < -0.4 is 5.32 Å². The highest BCUT2D eigenvalue weighted by Crippen LogP contribution is 2.18. The molecule has 1 amide bonds. The first kappa shape index (κ1) is 12.0. The predicted molar refractivity (Wildman–Crippen MR) is 71.8 cm³/mol. The van der Waals surface area contributed by atoms with Crippen molar-refractivity contribution in [3.05, 3.63) is 35.9 Å². The normalized spacial score (nSPS) is 21.5. The highest BCUT2D eigenvalue weighted by Gasteiger charge is 2.32. The summed E-state index contributed by atoms with van der Waals surface area (Å²) in [6, 6.07) is 9.97. The summed E-state index contributed by atoms with van der Waals surface area (Å²) < 4.78 is 0. The average molecular weight is 248 g/mol. The van der Waals surface area contributed by atoms with Crippen LogP contribution in [0.3, 0.4) is 0 Å². The standard InChI is InChI=1S/C13H16N2OS/c1-9(11-6-4-3-5-7-11)8-15-12(16)10(2)14-13(15)17/h3-7,9-10H,8H2,1-2H3,(H,14,17)/t9-,10+/m0/s1. The van der Waals surface area contributed by atoms with Gasteiger partial charge in [0.15, 0.2) is 5.11 Å². The van der Waals surface area contributed by atoms with Gasteiger partial charge in [-0.1, -0.05) is 37.3 Å². The van der Waals surface area contributed by atoms with Gasteiger partial charge in [0.1, 0.15) is 6.04 Å². The Balaban J connectivity index is 2.07. The molecule has 0 spiro atoms. The number of amides is 1. The Morgan fingerprint density at radius 2 is 2.06 bits per heavy atom. The lowest BCUT2D eigenvalue weighted by Gasteiger charge is -2.20. The number of hydrogen-bond acceptors (Lipinski definition) is 2. The Morgan fingerprint density at radius 1 is 1.41 bits per heavy atom. The maximum absolute atomic E-state index is 11.9. The number of hydrogen-bond donors (Lipinski definition) is 1. The molecule has 2 atom stereocenters. The lowest BCUT2D eigenvalue weighted by Crippen LogP contribution is -2.34. The van der Waals surface area contributed by atoms with Crippen molar-refractivity contribution in [3.63, 3.8) is 0 Å². The third-order valence-electron chi connectivity index (χ3n) is 3.05. The van der Waals surface area contributed by atoms with E-state index in [9.17, 15) is 4.79 Å². The summed E-state index contributed by atoms with van der Waals surface area (Å²) in [4.78, 5) is 13.5. The minimum atomic E-state index is -0.189. The molecule has 0 unspecified atom stereocenters. The smallest absolute Gasteiger partial charge is 0.251 e. The zero-order chi connectivity index (χ0) is 12.4. The van der Waals surface area contributed by atoms with Crippen LogP contribution >= 0.6 is 12.2 Å². The topological polar surface area (TPSA) is 32.3 Å². The molecule has 3 nitrogen and oxygen atoms in total. The third kappa shape index (κ3) is 2.47. The van der Waals surface area contributed by atoms with E-state index in [0.29, 0.717) is 11.7 Å². The zero-order valence-corrected chi connectivity index (χ0v) is 10.8. The van der Waals surface area contributed by atoms with Gasteiger partial charge in [-0.25, -0.2) is 0 Å². The molecule has 17 heavy (non-hydrogen) atoms. The first-order valence-electron chi connectivity index (χ1n) is 5.76. The van der Waals surface area contributed by atoms with Crippen molar-refractivity contribution in [1.29, 1.82) is 0 Å². The number of nitrogens with zero attached hydrogens (tertiary/aromatic N) is 1. The van der Waals surface area contributed by atoms with Gasteiger partial charge in [-0.3, -0.25) is 9.69 Å². The molecule has 4 heteroatoms. The highest BCUT2D eigenvalue weighted by atomic mass is 32.1. The van der Waals surface area contributed by atoms with Gasteiger partial charge in [0.2, 0.25) is 0 Å². The van der Waals surface area contributed by atoms with Crippen molar-refractivity contribution in [3.8, 4) is 0 Å². The molecule has 0 aliphatic carbocycles. The third-order valence-corrected chi connectivity index (χ3v) is 3.38. The predicted octanol–water partition coefficient (Wildman–Crippen LogP) is 1.90. The molecule has 0 radical (unpaired) electrons. The van der Waals surface area contributed by atoms with Crippen LogP contribution in [-0.4, -0.2) is 28.5 Å². The number of carbonyl (C=O) groups is 1. The minimum Gasteiger partial charge on any atom is -0.351 e. The van der Waals surface area contributed by atoms with Gasteiger partial charge in [-0.05, 0) is 30.6 Å². The maximum Gasteiger partial charge on any atom is 0.251 e. The minimum absolute atomic E-state index is 0.0674. The van der Waals surface area contributed by atoms with Crippen molar-refractivity contribution in [2.24, 2.45) is 0 Å². The van der Waals surface area contributed by atoms with Gasteiger partial charge in [0.25, 0.3) is 5.91 Å². The second-order valence-corrected chi connectivity index (χ2v) is 4.82. The van der Waals surface area contributed by atoms with Crippen LogP contribution in [0.25, 0.3) is 0 Å². The fourth-order valence-electron chi connectivity index (χ4n) is 1.99. The number of benzene rings is 1. The second-order valence-electron chi connectivity index (χ2n) is 4.43. The molecule has 0 aromatic heterocycles. The zero-order valence-electron chi connectivity index (χ0n) is 10.0. The molecule has 0 saturated carbocycles. The average Bonchev–Trinajstić information content (AvgIpc) is 2.57. The van der Waals surface area contributed by atoms with E-state index in [4.69, 9.17) is 12.2 Å². The fourth-order valence-corrected chi connectivity index (χ4v) is 2.33. The van der Waals surface area contributed by atoms with Crippen LogP contribution in [0.5, 0.6) is 0 Å². The molecule has 1 aliphatic heterocycles. The van der Waals surface area contributed by atoms with E-state index in [1.807, 2.05) is 25.1 Å². The molecular formula is C13H16N2OS. The van der Waals surface area contributed by atoms with Gasteiger partial charge in [-0.2, -0.15) is 0 Å². The van der Waals surface area contributed by atoms with E-state index in [-0.39, 0.29) is 17.9 Å². The van der Waals surface area contributed by atoms with Crippen LogP contribution in [-0.2, 0) is 4.79 Å². The van der Waals surface area contributed by atoms with Crippen LogP contribution in [0.1, 0.15) is 25.3 Å². The number of thiocarbonyl (C=S) groups is 1. The van der Waals surface area contributed by atoms with Crippen molar-refractivity contribution in [2.75, 3.05) is 6.54 Å². The number of nitrogens with one attached hydrogen (secondary N) is 1. The van der Waals surface area contributed by atoms with Crippen molar-refractivity contribution >= 4 is 23.2 Å². The van der Waals surface area contributed by atoms with Gasteiger partial charge >= 0.3 is 0 Å². The molecule has 2 rings (SSSR count). The molecule has 1 aromatic carbocycles. The second kappa shape index (κ2) is 4.84. The lowest BCUT2D eigenvalue weighted by atomic mass is 10.0. The largest absolute Gasteiger partial charge is 0.351 e. The van der Waals surface area contributed by atoms with Crippen molar-refractivity contribution in [2.45, 2.75) is 25.8 Å². The maximum atomic E-state index is 11.9. The van der Waals surface area contributed by atoms with E-state index >= 15 is 0 Å². The molecule has 1 fully saturated rings. The molecular weight excluding hydrogens is 232 g/mol. The van der Waals surface area contributed by atoms with Gasteiger partial charge in [-0.15, -0.1) is 0 Å². The van der Waals surface area contributed by atoms with Crippen molar-refractivity contribution < 1.29 is 4.79 Å². The first-order chi connectivity index (χ1) is 8.09. The lowest BCUT2D eigenvalue weighted by molar-refractivity contribution is -0.126. The van der Waals surface area contributed by atoms with Crippen LogP contribution in [0.4, 0.5) is 0 Å². The fraction of sp³-hybridized carbons (Fsp3) is 0.385. The van der Waals surface area contributed by atoms with E-state index in [2.05, 4.69) is 24.4 Å². The summed E-state index contributed by atoms with van der Waals surface area (Å²) in [6.45, 7) is 4.58. The Hall–Kier alpha value is -1.42. The summed E-state index contributed by atoms with van der Waals surface area (Å²) in [7, 11) is 0. The molecule has 90 valence electrons. The van der Waals surface area contributed by atoms with Crippen molar-refractivity contribution in [1.82, 2.24) is 10.2 Å². The molecule has 1 N–H and O–H groups in total. The highest BCUT2D eigenvalue weighted by molar-refractivity contribution is 7.80. The van der Waals surface area contributed by atoms with Crippen LogP contribution in [0.15, 0.2) is 30.3 Å². The molecule has 1 aromatic rings. The van der Waals surface area contributed by atoms with E-state index in [1.165, 1.54) is 5.56 Å². The van der Waals surface area contributed by atoms with E-state index in [1.54, 1.807) is 4.90 Å². The van der Waals surface area contributed by atoms with E-state index in [0.717, 1.165) is 0 Å². The van der Waals surface area contributed by atoms with Gasteiger partial charge < -0.3 is 5.32 Å². The summed E-state index contributed by atoms with van der Waals surface area (Å²) in [6.07, 6.45) is 0. The number of rotatable bonds is 3. The SMILES string of the molecule is C[C@H]1NC(=S)N(C[C@H](C)c2ccccc2)C1=O. The quantitative estimate of drug-likeness (QED) is 0.829. The Morgan fingerprint density at radius 3 is 2.59 bits per heavy atom. The summed E-state index contributed by atoms with van der Waals surface area (Å²) in [5.74, 6) is 0.350. The Labute approximate surface area is 107 Å². The van der Waals surface area contributed by atoms with Gasteiger partial charge in [0.05, 0.1) is 0 Å². The molecule has 1 heterocycles. The Bertz CT molecular complexity index is 432. The first-order valence-corrected chi connectivity index (χ1v) is 6.17. The summed E-state index contributed by atoms with van der Waals surface area (Å²) >= 11 is 5.16. The monoisotopic (exact) mass is 248 g/mol. The van der Waals surface area contributed by atoms with E-state index < -0.39 is 0 Å². The van der Waals surface area contributed by atoms with Crippen LogP contribution in [0, 0.1) is 0 Å². The Kier molecular flexibility index (Phi) is 3.43. The van der Waals surface area contributed by atoms with Gasteiger partial charge in [0, 0.05) is 6.54 Å². The summed E-state index contributed by atoms with van der Waals surface area (Å²) in [5.41, 5.74) is 1.22. The summed E-state index contributed by atoms with van der Waals surface area (Å²) in [5, 5.41) is 3.53. The number of carbonyl (C=O) groups excluding carboxylic acids is 1. The molecule has 1 aliphatic rings. The molecule has 1 saturated heterocycles. The molecule has 0 bridgehead atoms.